The van der Waals surface area contributed by atoms with Gasteiger partial charge in [-0.1, -0.05) is 30.3 Å². The normalized spacial score (nSPS) is 22.5. The number of amides is 1. The molecule has 0 spiro atoms. The summed E-state index contributed by atoms with van der Waals surface area (Å²) in [6.07, 6.45) is 6.29. The fourth-order valence-corrected chi connectivity index (χ4v) is 3.20. The van der Waals surface area contributed by atoms with Crippen LogP contribution in [0, 0.1) is 5.92 Å². The fourth-order valence-electron chi connectivity index (χ4n) is 3.20. The van der Waals surface area contributed by atoms with Crippen molar-refractivity contribution in [3.63, 3.8) is 0 Å². The molecule has 1 aromatic carbocycles. The van der Waals surface area contributed by atoms with Gasteiger partial charge in [-0.25, -0.2) is 0 Å². The van der Waals surface area contributed by atoms with E-state index in [1.165, 1.54) is 31.2 Å². The monoisotopic (exact) mass is 324 g/mol. The standard InChI is InChI=1S/C18H28N2O.ClH/c1-14(19)11-12-20-18(21)13-15-7-9-17(10-8-15)16-5-3-2-4-6-16;/h2-6,14-15,17H,7-13,19H2,1H3,(H,20,21);1H. The van der Waals surface area contributed by atoms with Crippen molar-refractivity contribution in [2.24, 2.45) is 11.7 Å². The summed E-state index contributed by atoms with van der Waals surface area (Å²) < 4.78 is 0. The first kappa shape index (κ1) is 19.0. The molecule has 1 aliphatic rings. The summed E-state index contributed by atoms with van der Waals surface area (Å²) in [4.78, 5) is 11.9. The van der Waals surface area contributed by atoms with E-state index in [0.29, 0.717) is 24.8 Å². The highest BCUT2D eigenvalue weighted by molar-refractivity contribution is 5.85. The van der Waals surface area contributed by atoms with E-state index in [-0.39, 0.29) is 24.4 Å². The van der Waals surface area contributed by atoms with Gasteiger partial charge in [-0.05, 0) is 56.4 Å². The predicted octanol–water partition coefficient (Wildman–Crippen LogP) is 3.63. The topological polar surface area (TPSA) is 55.1 Å². The third kappa shape index (κ3) is 6.37. The van der Waals surface area contributed by atoms with Gasteiger partial charge in [0.2, 0.25) is 5.91 Å². The maximum absolute atomic E-state index is 11.9. The SMILES string of the molecule is CC(N)CCNC(=O)CC1CCC(c2ccccc2)CC1.Cl. The maximum Gasteiger partial charge on any atom is 0.220 e. The van der Waals surface area contributed by atoms with Crippen molar-refractivity contribution >= 4 is 18.3 Å². The smallest absolute Gasteiger partial charge is 0.220 e. The average molecular weight is 325 g/mol. The molecule has 2 rings (SSSR count). The number of nitrogens with one attached hydrogen (secondary N) is 1. The number of carbonyl (C=O) groups is 1. The van der Waals surface area contributed by atoms with Crippen LogP contribution in [-0.2, 0) is 4.79 Å². The van der Waals surface area contributed by atoms with Gasteiger partial charge in [0.1, 0.15) is 0 Å². The Hall–Kier alpha value is -1.06. The Morgan fingerprint density at radius 1 is 1.23 bits per heavy atom. The van der Waals surface area contributed by atoms with Crippen molar-refractivity contribution in [1.29, 1.82) is 0 Å². The fraction of sp³-hybridized carbons (Fsp3) is 0.611. The van der Waals surface area contributed by atoms with Crippen LogP contribution in [0.1, 0.15) is 56.9 Å². The molecule has 124 valence electrons. The number of hydrogen-bond acceptors (Lipinski definition) is 2. The molecule has 0 aliphatic heterocycles. The van der Waals surface area contributed by atoms with E-state index in [9.17, 15) is 4.79 Å². The minimum atomic E-state index is 0. The summed E-state index contributed by atoms with van der Waals surface area (Å²) in [5, 5.41) is 2.99. The summed E-state index contributed by atoms with van der Waals surface area (Å²) in [7, 11) is 0. The molecule has 0 radical (unpaired) electrons. The lowest BCUT2D eigenvalue weighted by molar-refractivity contribution is -0.122. The van der Waals surface area contributed by atoms with E-state index < -0.39 is 0 Å². The van der Waals surface area contributed by atoms with Crippen molar-refractivity contribution in [2.45, 2.75) is 57.4 Å². The second kappa shape index (κ2) is 9.86. The van der Waals surface area contributed by atoms with Crippen LogP contribution in [0.5, 0.6) is 0 Å². The summed E-state index contributed by atoms with van der Waals surface area (Å²) in [6.45, 7) is 2.67. The van der Waals surface area contributed by atoms with Gasteiger partial charge in [0.15, 0.2) is 0 Å². The minimum absolute atomic E-state index is 0. The largest absolute Gasteiger partial charge is 0.356 e. The number of rotatable bonds is 6. The van der Waals surface area contributed by atoms with E-state index in [0.717, 1.165) is 6.42 Å². The molecule has 1 amide bonds. The zero-order valence-electron chi connectivity index (χ0n) is 13.5. The van der Waals surface area contributed by atoms with Gasteiger partial charge in [-0.15, -0.1) is 12.4 Å². The molecule has 0 bridgehead atoms. The number of benzene rings is 1. The Bertz CT molecular complexity index is 428. The number of nitrogens with two attached hydrogens (primary N) is 1. The van der Waals surface area contributed by atoms with Crippen LogP contribution in [-0.4, -0.2) is 18.5 Å². The molecule has 3 nitrogen and oxygen atoms in total. The summed E-state index contributed by atoms with van der Waals surface area (Å²) in [5.74, 6) is 1.43. The molecular weight excluding hydrogens is 296 g/mol. The van der Waals surface area contributed by atoms with Crippen molar-refractivity contribution in [1.82, 2.24) is 5.32 Å². The average Bonchev–Trinajstić information content (AvgIpc) is 2.48. The van der Waals surface area contributed by atoms with E-state index in [4.69, 9.17) is 5.73 Å². The number of halogens is 1. The Balaban J connectivity index is 0.00000242. The second-order valence-electron chi connectivity index (χ2n) is 6.45. The highest BCUT2D eigenvalue weighted by Crippen LogP contribution is 2.36. The Kier molecular flexibility index (Phi) is 8.51. The lowest BCUT2D eigenvalue weighted by Gasteiger charge is -2.28. The molecule has 0 aromatic heterocycles. The molecule has 1 aromatic rings. The van der Waals surface area contributed by atoms with Crippen LogP contribution >= 0.6 is 12.4 Å². The number of carbonyl (C=O) groups excluding carboxylic acids is 1. The molecule has 3 N–H and O–H groups in total. The molecule has 0 heterocycles. The van der Waals surface area contributed by atoms with Gasteiger partial charge in [0, 0.05) is 19.0 Å². The second-order valence-corrected chi connectivity index (χ2v) is 6.45. The van der Waals surface area contributed by atoms with Crippen molar-refractivity contribution in [3.8, 4) is 0 Å². The highest BCUT2D eigenvalue weighted by Gasteiger charge is 2.23. The van der Waals surface area contributed by atoms with Crippen LogP contribution in [0.25, 0.3) is 0 Å². The van der Waals surface area contributed by atoms with Crippen LogP contribution < -0.4 is 11.1 Å². The van der Waals surface area contributed by atoms with Gasteiger partial charge in [-0.2, -0.15) is 0 Å². The summed E-state index contributed by atoms with van der Waals surface area (Å²) >= 11 is 0. The van der Waals surface area contributed by atoms with E-state index >= 15 is 0 Å². The van der Waals surface area contributed by atoms with Crippen LogP contribution in [0.15, 0.2) is 30.3 Å². The van der Waals surface area contributed by atoms with Gasteiger partial charge in [0.05, 0.1) is 0 Å². The molecule has 4 heteroatoms. The molecule has 1 fully saturated rings. The lowest BCUT2D eigenvalue weighted by atomic mass is 9.77. The van der Waals surface area contributed by atoms with Crippen LogP contribution in [0.3, 0.4) is 0 Å². The van der Waals surface area contributed by atoms with Crippen molar-refractivity contribution < 1.29 is 4.79 Å². The first-order chi connectivity index (χ1) is 10.1. The van der Waals surface area contributed by atoms with Gasteiger partial charge >= 0.3 is 0 Å². The molecular formula is C18H29ClN2O. The molecule has 1 saturated carbocycles. The summed E-state index contributed by atoms with van der Waals surface area (Å²) in [5.41, 5.74) is 7.14. The van der Waals surface area contributed by atoms with E-state index in [2.05, 4.69) is 35.6 Å². The predicted molar refractivity (Wildman–Crippen MR) is 94.3 cm³/mol. The maximum atomic E-state index is 11.9. The van der Waals surface area contributed by atoms with E-state index in [1.807, 2.05) is 6.92 Å². The first-order valence-electron chi connectivity index (χ1n) is 8.22. The van der Waals surface area contributed by atoms with Crippen LogP contribution in [0.2, 0.25) is 0 Å². The minimum Gasteiger partial charge on any atom is -0.356 e. The number of hydrogen-bond donors (Lipinski definition) is 2. The van der Waals surface area contributed by atoms with Crippen LogP contribution in [0.4, 0.5) is 0 Å². The van der Waals surface area contributed by atoms with Gasteiger partial charge in [0.25, 0.3) is 0 Å². The molecule has 1 unspecified atom stereocenters. The lowest BCUT2D eigenvalue weighted by Crippen LogP contribution is -2.30. The molecule has 1 atom stereocenters. The zero-order chi connectivity index (χ0) is 15.1. The third-order valence-corrected chi connectivity index (χ3v) is 4.51. The Morgan fingerprint density at radius 3 is 2.45 bits per heavy atom. The van der Waals surface area contributed by atoms with Crippen molar-refractivity contribution in [3.05, 3.63) is 35.9 Å². The quantitative estimate of drug-likeness (QED) is 0.839. The third-order valence-electron chi connectivity index (χ3n) is 4.51. The molecule has 1 aliphatic carbocycles. The summed E-state index contributed by atoms with van der Waals surface area (Å²) in [6, 6.07) is 10.9. The highest BCUT2D eigenvalue weighted by atomic mass is 35.5. The molecule has 0 saturated heterocycles. The van der Waals surface area contributed by atoms with Gasteiger partial charge < -0.3 is 11.1 Å². The Labute approximate surface area is 140 Å². The van der Waals surface area contributed by atoms with Gasteiger partial charge in [-0.3, -0.25) is 4.79 Å². The first-order valence-corrected chi connectivity index (χ1v) is 8.22. The van der Waals surface area contributed by atoms with Crippen molar-refractivity contribution in [2.75, 3.05) is 6.54 Å². The zero-order valence-corrected chi connectivity index (χ0v) is 14.3. The van der Waals surface area contributed by atoms with E-state index in [1.54, 1.807) is 0 Å². The Morgan fingerprint density at radius 2 is 1.86 bits per heavy atom. The molecule has 22 heavy (non-hydrogen) atoms.